The van der Waals surface area contributed by atoms with Gasteiger partial charge in [0.15, 0.2) is 0 Å². The Hall–Kier alpha value is -0.870. The van der Waals surface area contributed by atoms with E-state index in [0.717, 1.165) is 44.6 Å². The van der Waals surface area contributed by atoms with E-state index >= 15 is 0 Å². The average Bonchev–Trinajstić information content (AvgIpc) is 2.62. The van der Waals surface area contributed by atoms with Crippen molar-refractivity contribution in [2.45, 2.75) is 45.6 Å². The molecule has 2 N–H and O–H groups in total. The third kappa shape index (κ3) is 2.93. The van der Waals surface area contributed by atoms with E-state index in [1.54, 1.807) is 0 Å². The molecule has 0 radical (unpaired) electrons. The highest BCUT2D eigenvalue weighted by Gasteiger charge is 2.21. The van der Waals surface area contributed by atoms with Crippen LogP contribution in [-0.2, 0) is 18.2 Å². The normalized spacial score (nSPS) is 19.1. The van der Waals surface area contributed by atoms with Crippen LogP contribution in [0.1, 0.15) is 36.2 Å². The first-order chi connectivity index (χ1) is 8.59. The highest BCUT2D eigenvalue weighted by Crippen LogP contribution is 2.22. The smallest absolute Gasteiger partial charge is 0.0628 e. The lowest BCUT2D eigenvalue weighted by Gasteiger charge is -2.27. The molecule has 1 aromatic heterocycles. The molecule has 0 bridgehead atoms. The zero-order chi connectivity index (χ0) is 13.1. The van der Waals surface area contributed by atoms with Gasteiger partial charge in [0.2, 0.25) is 0 Å². The number of nitrogens with zero attached hydrogens (tertiary/aromatic N) is 2. The van der Waals surface area contributed by atoms with E-state index < -0.39 is 0 Å². The van der Waals surface area contributed by atoms with Crippen molar-refractivity contribution < 1.29 is 4.74 Å². The Bertz CT molecular complexity index is 394. The molecule has 18 heavy (non-hydrogen) atoms. The van der Waals surface area contributed by atoms with E-state index in [1.807, 2.05) is 11.7 Å². The van der Waals surface area contributed by atoms with E-state index in [-0.39, 0.29) is 0 Å². The molecule has 0 spiro atoms. The molecule has 2 rings (SSSR count). The lowest BCUT2D eigenvalue weighted by molar-refractivity contribution is 0.0575. The molecule has 1 fully saturated rings. The molecule has 1 aliphatic rings. The summed E-state index contributed by atoms with van der Waals surface area (Å²) in [7, 11) is 2.00. The summed E-state index contributed by atoms with van der Waals surface area (Å²) in [4.78, 5) is 0. The fourth-order valence-corrected chi connectivity index (χ4v) is 2.87. The molecule has 0 aromatic carbocycles. The van der Waals surface area contributed by atoms with Crippen molar-refractivity contribution in [1.29, 1.82) is 0 Å². The summed E-state index contributed by atoms with van der Waals surface area (Å²) in [6, 6.07) is 0.299. The fraction of sp³-hybridized carbons (Fsp3) is 0.786. The minimum Gasteiger partial charge on any atom is -0.381 e. The molecule has 4 heteroatoms. The Morgan fingerprint density at radius 1 is 1.39 bits per heavy atom. The average molecular weight is 251 g/mol. The summed E-state index contributed by atoms with van der Waals surface area (Å²) in [5.74, 6) is 0.635. The van der Waals surface area contributed by atoms with Gasteiger partial charge in [0.05, 0.1) is 5.69 Å². The van der Waals surface area contributed by atoms with Gasteiger partial charge in [-0.15, -0.1) is 0 Å². The molecule has 1 saturated heterocycles. The number of nitrogens with two attached hydrogens (primary N) is 1. The largest absolute Gasteiger partial charge is 0.381 e. The van der Waals surface area contributed by atoms with Crippen molar-refractivity contribution in [3.63, 3.8) is 0 Å². The predicted molar refractivity (Wildman–Crippen MR) is 72.5 cm³/mol. The molecular weight excluding hydrogens is 226 g/mol. The van der Waals surface area contributed by atoms with Gasteiger partial charge in [-0.3, -0.25) is 4.68 Å². The molecule has 1 atom stereocenters. The van der Waals surface area contributed by atoms with Gasteiger partial charge in [0.1, 0.15) is 0 Å². The second kappa shape index (κ2) is 5.85. The summed E-state index contributed by atoms with van der Waals surface area (Å²) in [5, 5.41) is 4.46. The van der Waals surface area contributed by atoms with Gasteiger partial charge in [0.25, 0.3) is 0 Å². The maximum absolute atomic E-state index is 6.32. The van der Waals surface area contributed by atoms with Crippen LogP contribution in [0.15, 0.2) is 0 Å². The lowest BCUT2D eigenvalue weighted by Crippen LogP contribution is -2.34. The van der Waals surface area contributed by atoms with E-state index in [0.29, 0.717) is 12.0 Å². The van der Waals surface area contributed by atoms with Crippen LogP contribution < -0.4 is 5.73 Å². The van der Waals surface area contributed by atoms with Gasteiger partial charge in [-0.1, -0.05) is 0 Å². The van der Waals surface area contributed by atoms with Crippen molar-refractivity contribution in [3.8, 4) is 0 Å². The van der Waals surface area contributed by atoms with Crippen molar-refractivity contribution >= 4 is 0 Å². The van der Waals surface area contributed by atoms with Crippen molar-refractivity contribution in [3.05, 3.63) is 17.0 Å². The highest BCUT2D eigenvalue weighted by molar-refractivity contribution is 5.24. The minimum atomic E-state index is 0.299. The zero-order valence-electron chi connectivity index (χ0n) is 11.8. The molecule has 1 unspecified atom stereocenters. The second-order valence-electron chi connectivity index (χ2n) is 5.43. The van der Waals surface area contributed by atoms with Crippen LogP contribution >= 0.6 is 0 Å². The number of hydrogen-bond acceptors (Lipinski definition) is 3. The topological polar surface area (TPSA) is 53.1 Å². The zero-order valence-corrected chi connectivity index (χ0v) is 11.8. The summed E-state index contributed by atoms with van der Waals surface area (Å²) in [5.41, 5.74) is 10.1. The second-order valence-corrected chi connectivity index (χ2v) is 5.43. The first-order valence-electron chi connectivity index (χ1n) is 6.92. The molecular formula is C14H25N3O. The van der Waals surface area contributed by atoms with Gasteiger partial charge in [-0.05, 0) is 51.0 Å². The first kappa shape index (κ1) is 13.6. The number of aromatic nitrogens is 2. The monoisotopic (exact) mass is 251 g/mol. The van der Waals surface area contributed by atoms with Crippen LogP contribution in [0.25, 0.3) is 0 Å². The van der Waals surface area contributed by atoms with Crippen molar-refractivity contribution in [2.24, 2.45) is 18.7 Å². The lowest BCUT2D eigenvalue weighted by atomic mass is 9.88. The fourth-order valence-electron chi connectivity index (χ4n) is 2.87. The summed E-state index contributed by atoms with van der Waals surface area (Å²) < 4.78 is 7.35. The summed E-state index contributed by atoms with van der Waals surface area (Å²) >= 11 is 0. The number of ether oxygens (including phenoxy) is 1. The highest BCUT2D eigenvalue weighted by atomic mass is 16.5. The van der Waals surface area contributed by atoms with Gasteiger partial charge in [-0.2, -0.15) is 5.10 Å². The van der Waals surface area contributed by atoms with E-state index in [1.165, 1.54) is 11.3 Å². The number of aryl methyl sites for hydroxylation is 2. The summed E-state index contributed by atoms with van der Waals surface area (Å²) in [6.45, 7) is 5.98. The van der Waals surface area contributed by atoms with Crippen LogP contribution in [0.3, 0.4) is 0 Å². The Morgan fingerprint density at radius 3 is 2.61 bits per heavy atom. The van der Waals surface area contributed by atoms with Crippen LogP contribution in [-0.4, -0.2) is 29.0 Å². The Morgan fingerprint density at radius 2 is 2.06 bits per heavy atom. The quantitative estimate of drug-likeness (QED) is 0.886. The van der Waals surface area contributed by atoms with Gasteiger partial charge >= 0.3 is 0 Å². The van der Waals surface area contributed by atoms with Crippen molar-refractivity contribution in [1.82, 2.24) is 9.78 Å². The molecule has 1 aliphatic heterocycles. The molecule has 0 saturated carbocycles. The minimum absolute atomic E-state index is 0.299. The molecule has 1 aromatic rings. The first-order valence-corrected chi connectivity index (χ1v) is 6.92. The Kier molecular flexibility index (Phi) is 4.40. The van der Waals surface area contributed by atoms with Gasteiger partial charge < -0.3 is 10.5 Å². The maximum atomic E-state index is 6.32. The summed E-state index contributed by atoms with van der Waals surface area (Å²) in [6.07, 6.45) is 4.33. The van der Waals surface area contributed by atoms with Crippen molar-refractivity contribution in [2.75, 3.05) is 13.2 Å². The third-order valence-electron chi connectivity index (χ3n) is 4.26. The van der Waals surface area contributed by atoms with Gasteiger partial charge in [-0.25, -0.2) is 0 Å². The molecule has 2 heterocycles. The van der Waals surface area contributed by atoms with Gasteiger partial charge in [0, 0.05) is 32.0 Å². The van der Waals surface area contributed by atoms with Crippen LogP contribution in [0.2, 0.25) is 0 Å². The van der Waals surface area contributed by atoms with Crippen LogP contribution in [0.5, 0.6) is 0 Å². The predicted octanol–water partition coefficient (Wildman–Crippen LogP) is 1.72. The van der Waals surface area contributed by atoms with E-state index in [9.17, 15) is 0 Å². The molecule has 4 nitrogen and oxygen atoms in total. The van der Waals surface area contributed by atoms with E-state index in [2.05, 4.69) is 18.9 Å². The van der Waals surface area contributed by atoms with Crippen LogP contribution in [0, 0.1) is 19.8 Å². The van der Waals surface area contributed by atoms with Crippen LogP contribution in [0.4, 0.5) is 0 Å². The standard InChI is InChI=1S/C14H25N3O/c1-10-13(11(2)17(3)16-10)4-5-14(15)12-6-8-18-9-7-12/h12,14H,4-9,15H2,1-3H3. The molecule has 0 aliphatic carbocycles. The molecule has 0 amide bonds. The SMILES string of the molecule is Cc1nn(C)c(C)c1CCC(N)C1CCOCC1. The Balaban J connectivity index is 1.90. The number of rotatable bonds is 4. The van der Waals surface area contributed by atoms with E-state index in [4.69, 9.17) is 10.5 Å². The molecule has 102 valence electrons. The number of hydrogen-bond donors (Lipinski definition) is 1. The maximum Gasteiger partial charge on any atom is 0.0628 e. The Labute approximate surface area is 110 Å². The third-order valence-corrected chi connectivity index (χ3v) is 4.26.